The molecule has 9 heteroatoms. The maximum absolute atomic E-state index is 13.5. The average Bonchev–Trinajstić information content (AvgIpc) is 2.78. The normalized spacial score (nSPS) is 11.8. The summed E-state index contributed by atoms with van der Waals surface area (Å²) < 4.78 is 29.0. The first-order valence-corrected chi connectivity index (χ1v) is 12.6. The molecule has 0 fully saturated rings. The molecule has 1 amide bonds. The molecule has 6 nitrogen and oxygen atoms in total. The first-order valence-electron chi connectivity index (χ1n) is 10.0. The second-order valence-electron chi connectivity index (χ2n) is 7.49. The number of carbonyl (C=O) groups excluding carboxylic acids is 1. The highest BCUT2D eigenvalue weighted by atomic mass is 79.9. The van der Waals surface area contributed by atoms with Crippen molar-refractivity contribution >= 4 is 54.9 Å². The summed E-state index contributed by atoms with van der Waals surface area (Å²) in [4.78, 5) is 12.9. The van der Waals surface area contributed by atoms with E-state index < -0.39 is 22.5 Å². The van der Waals surface area contributed by atoms with Crippen LogP contribution in [0.4, 0.5) is 5.69 Å². The van der Waals surface area contributed by atoms with Crippen molar-refractivity contribution in [1.82, 2.24) is 5.43 Å². The molecule has 0 bridgehead atoms. The van der Waals surface area contributed by atoms with Crippen LogP contribution in [0.2, 0.25) is 5.02 Å². The van der Waals surface area contributed by atoms with Crippen LogP contribution in [0.15, 0.2) is 81.2 Å². The Hall–Kier alpha value is -2.68. The summed E-state index contributed by atoms with van der Waals surface area (Å²) >= 11 is 9.53. The van der Waals surface area contributed by atoms with E-state index >= 15 is 0 Å². The summed E-state index contributed by atoms with van der Waals surface area (Å²) in [7, 11) is -4.04. The van der Waals surface area contributed by atoms with Gasteiger partial charge < -0.3 is 0 Å². The molecule has 0 spiro atoms. The highest BCUT2D eigenvalue weighted by Crippen LogP contribution is 2.29. The van der Waals surface area contributed by atoms with E-state index in [1.54, 1.807) is 38.1 Å². The molecular formula is C24H23BrClN3O3S. The van der Waals surface area contributed by atoms with Crippen LogP contribution in [0, 0.1) is 13.8 Å². The summed E-state index contributed by atoms with van der Waals surface area (Å²) in [6, 6.07) is 18.8. The second kappa shape index (κ2) is 10.5. The number of rotatable bonds is 7. The quantitative estimate of drug-likeness (QED) is 0.315. The fourth-order valence-corrected chi connectivity index (χ4v) is 4.96. The molecule has 3 rings (SSSR count). The monoisotopic (exact) mass is 547 g/mol. The van der Waals surface area contributed by atoms with E-state index in [9.17, 15) is 13.2 Å². The summed E-state index contributed by atoms with van der Waals surface area (Å²) in [6.07, 6.45) is 0. The van der Waals surface area contributed by atoms with E-state index in [0.29, 0.717) is 22.0 Å². The fraction of sp³-hybridized carbons (Fsp3) is 0.167. The van der Waals surface area contributed by atoms with Crippen molar-refractivity contribution in [3.63, 3.8) is 0 Å². The molecule has 0 heterocycles. The summed E-state index contributed by atoms with van der Waals surface area (Å²) in [6.45, 7) is 4.92. The lowest BCUT2D eigenvalue weighted by atomic mass is 10.1. The van der Waals surface area contributed by atoms with Crippen LogP contribution in [-0.4, -0.2) is 26.6 Å². The molecular weight excluding hydrogens is 526 g/mol. The van der Waals surface area contributed by atoms with Crippen LogP contribution in [0.5, 0.6) is 0 Å². The van der Waals surface area contributed by atoms with Crippen LogP contribution in [0.25, 0.3) is 0 Å². The molecule has 3 aromatic rings. The summed E-state index contributed by atoms with van der Waals surface area (Å²) in [5.74, 6) is -0.582. The van der Waals surface area contributed by atoms with E-state index in [-0.39, 0.29) is 4.90 Å². The number of hydrogen-bond donors (Lipinski definition) is 1. The number of carbonyl (C=O) groups is 1. The van der Waals surface area contributed by atoms with Gasteiger partial charge >= 0.3 is 0 Å². The van der Waals surface area contributed by atoms with E-state index in [2.05, 4.69) is 26.5 Å². The number of aryl methyl sites for hydroxylation is 2. The lowest BCUT2D eigenvalue weighted by molar-refractivity contribution is -0.119. The minimum atomic E-state index is -4.04. The third-order valence-corrected chi connectivity index (χ3v) is 7.48. The smallest absolute Gasteiger partial charge is 0.264 e. The Bertz CT molecular complexity index is 1290. The van der Waals surface area contributed by atoms with Gasteiger partial charge in [0.05, 0.1) is 16.3 Å². The number of hydrogen-bond acceptors (Lipinski definition) is 4. The van der Waals surface area contributed by atoms with E-state index in [0.717, 1.165) is 19.9 Å². The van der Waals surface area contributed by atoms with Crippen LogP contribution >= 0.6 is 27.5 Å². The molecule has 0 saturated carbocycles. The van der Waals surface area contributed by atoms with E-state index in [1.165, 1.54) is 18.2 Å². The van der Waals surface area contributed by atoms with Gasteiger partial charge in [-0.1, -0.05) is 63.4 Å². The van der Waals surface area contributed by atoms with Gasteiger partial charge in [0, 0.05) is 9.50 Å². The molecule has 0 atom stereocenters. The van der Waals surface area contributed by atoms with Crippen molar-refractivity contribution in [2.45, 2.75) is 25.7 Å². The van der Waals surface area contributed by atoms with Crippen LogP contribution < -0.4 is 9.73 Å². The van der Waals surface area contributed by atoms with Crippen LogP contribution in [0.1, 0.15) is 23.6 Å². The molecule has 33 heavy (non-hydrogen) atoms. The summed E-state index contributed by atoms with van der Waals surface area (Å²) in [5.41, 5.74) is 5.79. The number of nitrogens with zero attached hydrogens (tertiary/aromatic N) is 2. The zero-order valence-corrected chi connectivity index (χ0v) is 21.5. The maximum Gasteiger partial charge on any atom is 0.264 e. The van der Waals surface area contributed by atoms with Gasteiger partial charge in [0.1, 0.15) is 6.54 Å². The van der Waals surface area contributed by atoms with Gasteiger partial charge in [-0.15, -0.1) is 0 Å². The minimum Gasteiger partial charge on any atom is -0.271 e. The number of benzene rings is 3. The molecule has 0 aliphatic rings. The van der Waals surface area contributed by atoms with Crippen molar-refractivity contribution in [3.8, 4) is 0 Å². The Balaban J connectivity index is 1.92. The van der Waals surface area contributed by atoms with Gasteiger partial charge in [0.25, 0.3) is 15.9 Å². The number of amides is 1. The van der Waals surface area contributed by atoms with Gasteiger partial charge in [0.15, 0.2) is 0 Å². The predicted molar refractivity (Wildman–Crippen MR) is 136 cm³/mol. The zero-order chi connectivity index (χ0) is 24.2. The predicted octanol–water partition coefficient (Wildman–Crippen LogP) is 5.46. The highest BCUT2D eigenvalue weighted by Gasteiger charge is 2.28. The van der Waals surface area contributed by atoms with E-state index in [4.69, 9.17) is 11.6 Å². The van der Waals surface area contributed by atoms with Gasteiger partial charge in [-0.05, 0) is 68.3 Å². The largest absolute Gasteiger partial charge is 0.271 e. The number of anilines is 1. The molecule has 1 N–H and O–H groups in total. The first kappa shape index (κ1) is 25.0. The van der Waals surface area contributed by atoms with Crippen molar-refractivity contribution < 1.29 is 13.2 Å². The Labute approximate surface area is 207 Å². The third kappa shape index (κ3) is 6.22. The summed E-state index contributed by atoms with van der Waals surface area (Å²) in [5, 5.41) is 4.50. The second-order valence-corrected chi connectivity index (χ2v) is 10.7. The van der Waals surface area contributed by atoms with Gasteiger partial charge in [-0.2, -0.15) is 5.10 Å². The Morgan fingerprint density at radius 3 is 2.30 bits per heavy atom. The van der Waals surface area contributed by atoms with Gasteiger partial charge in [-0.25, -0.2) is 13.8 Å². The number of hydrazone groups is 1. The van der Waals surface area contributed by atoms with E-state index in [1.807, 2.05) is 31.2 Å². The van der Waals surface area contributed by atoms with Crippen molar-refractivity contribution in [3.05, 3.63) is 92.9 Å². The number of sulfonamides is 1. The maximum atomic E-state index is 13.5. The molecule has 0 radical (unpaired) electrons. The molecule has 0 aliphatic carbocycles. The molecule has 0 unspecified atom stereocenters. The van der Waals surface area contributed by atoms with Crippen LogP contribution in [-0.2, 0) is 14.8 Å². The Morgan fingerprint density at radius 1 is 1.03 bits per heavy atom. The first-order chi connectivity index (χ1) is 15.6. The van der Waals surface area contributed by atoms with Crippen molar-refractivity contribution in [1.29, 1.82) is 0 Å². The SMILES string of the molecule is C/C(=N/NC(=O)CN(c1cc(Cl)ccc1C)S(=O)(=O)c1ccc(C)cc1)c1ccc(Br)cc1. The number of halogens is 2. The molecule has 0 aromatic heterocycles. The van der Waals surface area contributed by atoms with Crippen molar-refractivity contribution in [2.24, 2.45) is 5.10 Å². The Kier molecular flexibility index (Phi) is 7.94. The Morgan fingerprint density at radius 2 is 1.67 bits per heavy atom. The number of nitrogens with one attached hydrogen (secondary N) is 1. The lowest BCUT2D eigenvalue weighted by Gasteiger charge is -2.25. The average molecular weight is 549 g/mol. The highest BCUT2D eigenvalue weighted by molar-refractivity contribution is 9.10. The fourth-order valence-electron chi connectivity index (χ4n) is 3.06. The molecule has 0 aliphatic heterocycles. The molecule has 3 aromatic carbocycles. The van der Waals surface area contributed by atoms with Gasteiger partial charge in [0.2, 0.25) is 0 Å². The van der Waals surface area contributed by atoms with Gasteiger partial charge in [-0.3, -0.25) is 9.10 Å². The minimum absolute atomic E-state index is 0.0785. The zero-order valence-electron chi connectivity index (χ0n) is 18.3. The van der Waals surface area contributed by atoms with Crippen molar-refractivity contribution in [2.75, 3.05) is 10.8 Å². The molecule has 172 valence electrons. The topological polar surface area (TPSA) is 78.8 Å². The lowest BCUT2D eigenvalue weighted by Crippen LogP contribution is -2.40. The van der Waals surface area contributed by atoms with Crippen LogP contribution in [0.3, 0.4) is 0 Å². The third-order valence-electron chi connectivity index (χ3n) is 4.95. The standard InChI is InChI=1S/C24H23BrClN3O3S/c1-16-4-12-22(13-5-16)33(31,32)29(23-14-21(26)11-6-17(23)2)15-24(30)28-27-18(3)19-7-9-20(25)10-8-19/h4-14H,15H2,1-3H3,(H,28,30)/b27-18-. The molecule has 0 saturated heterocycles.